The molecule has 5 heteroatoms. The van der Waals surface area contributed by atoms with Gasteiger partial charge in [0.25, 0.3) is 5.82 Å². The Morgan fingerprint density at radius 3 is 2.38 bits per heavy atom. The van der Waals surface area contributed by atoms with Crippen LogP contribution in [-0.2, 0) is 13.1 Å². The summed E-state index contributed by atoms with van der Waals surface area (Å²) >= 11 is 0. The number of benzene rings is 1. The van der Waals surface area contributed by atoms with E-state index in [1.165, 1.54) is 0 Å². The molecule has 0 N–H and O–H groups in total. The number of imidazole rings is 1. The van der Waals surface area contributed by atoms with Gasteiger partial charge in [-0.15, -0.1) is 0 Å². The van der Waals surface area contributed by atoms with Gasteiger partial charge in [0, 0.05) is 18.1 Å². The summed E-state index contributed by atoms with van der Waals surface area (Å²) in [6.45, 7) is 4.95. The number of hydrogen-bond acceptors (Lipinski definition) is 3. The molecule has 1 aromatic carbocycles. The molecule has 2 heterocycles. The number of nitrogens with zero attached hydrogens (tertiary/aromatic N) is 2. The zero-order chi connectivity index (χ0) is 16.8. The summed E-state index contributed by atoms with van der Waals surface area (Å²) < 4.78 is 9.23. The second-order valence-electron chi connectivity index (χ2n) is 5.86. The summed E-state index contributed by atoms with van der Waals surface area (Å²) in [4.78, 5) is 26.1. The van der Waals surface area contributed by atoms with E-state index >= 15 is 0 Å². The molecule has 0 saturated heterocycles. The number of furan rings is 1. The average molecular weight is 321 g/mol. The van der Waals surface area contributed by atoms with E-state index in [1.807, 2.05) is 35.1 Å². The molecule has 1 aliphatic rings. The molecule has 0 spiro atoms. The first-order valence-corrected chi connectivity index (χ1v) is 7.97. The third-order valence-electron chi connectivity index (χ3n) is 4.60. The molecule has 0 unspecified atom stereocenters. The molecule has 0 saturated carbocycles. The normalized spacial score (nSPS) is 13.1. The average Bonchev–Trinajstić information content (AvgIpc) is 3.20. The third-order valence-corrected chi connectivity index (χ3v) is 4.60. The van der Waals surface area contributed by atoms with Crippen molar-refractivity contribution >= 4 is 11.6 Å². The van der Waals surface area contributed by atoms with E-state index in [1.54, 1.807) is 30.5 Å². The van der Waals surface area contributed by atoms with Crippen LogP contribution < -0.4 is 4.57 Å². The van der Waals surface area contributed by atoms with Crippen LogP contribution in [0.4, 0.5) is 0 Å². The Bertz CT molecular complexity index is 965. The van der Waals surface area contributed by atoms with Crippen LogP contribution in [0.5, 0.6) is 0 Å². The topological polar surface area (TPSA) is 56.1 Å². The van der Waals surface area contributed by atoms with Crippen molar-refractivity contribution in [3.63, 3.8) is 0 Å². The lowest BCUT2D eigenvalue weighted by Crippen LogP contribution is -2.43. The molecule has 120 valence electrons. The maximum absolute atomic E-state index is 13.1. The Hall–Kier alpha value is -2.95. The minimum atomic E-state index is -0.109. The van der Waals surface area contributed by atoms with Gasteiger partial charge in [0.1, 0.15) is 12.3 Å². The highest BCUT2D eigenvalue weighted by molar-refractivity contribution is 6.26. The van der Waals surface area contributed by atoms with Gasteiger partial charge in [-0.1, -0.05) is 24.3 Å². The first kappa shape index (κ1) is 14.6. The minimum absolute atomic E-state index is 0.0941. The Kier molecular flexibility index (Phi) is 3.23. The Labute approximate surface area is 139 Å². The van der Waals surface area contributed by atoms with Crippen LogP contribution in [0.3, 0.4) is 0 Å². The number of carbonyl (C=O) groups is 2. The molecule has 0 amide bonds. The number of rotatable bonds is 3. The summed E-state index contributed by atoms with van der Waals surface area (Å²) in [5.41, 5.74) is 1.88. The van der Waals surface area contributed by atoms with Crippen molar-refractivity contribution in [3.8, 4) is 0 Å². The highest BCUT2D eigenvalue weighted by Gasteiger charge is 2.42. The number of ketones is 2. The van der Waals surface area contributed by atoms with Crippen LogP contribution >= 0.6 is 0 Å². The lowest BCUT2D eigenvalue weighted by Gasteiger charge is -2.12. The van der Waals surface area contributed by atoms with E-state index in [-0.39, 0.29) is 11.6 Å². The summed E-state index contributed by atoms with van der Waals surface area (Å²) in [6.07, 6.45) is 1.61. The molecule has 0 aliphatic heterocycles. The maximum Gasteiger partial charge on any atom is 0.254 e. The van der Waals surface area contributed by atoms with E-state index in [9.17, 15) is 9.59 Å². The summed E-state index contributed by atoms with van der Waals surface area (Å²) in [5, 5.41) is 0. The lowest BCUT2D eigenvalue weighted by atomic mass is 9.90. The number of hydrogen-bond donors (Lipinski definition) is 0. The SMILES string of the molecule is CCn1c2c([n+](Cc3ccco3)c1C)C(=O)c1ccccc1C2=O. The van der Waals surface area contributed by atoms with Crippen molar-refractivity contribution in [3.05, 3.63) is 76.8 Å². The summed E-state index contributed by atoms with van der Waals surface area (Å²) in [6, 6.07) is 10.7. The zero-order valence-corrected chi connectivity index (χ0v) is 13.6. The van der Waals surface area contributed by atoms with Gasteiger partial charge < -0.3 is 4.42 Å². The van der Waals surface area contributed by atoms with Gasteiger partial charge in [0.15, 0.2) is 0 Å². The van der Waals surface area contributed by atoms with Crippen LogP contribution in [0.1, 0.15) is 50.6 Å². The van der Waals surface area contributed by atoms with Gasteiger partial charge in [-0.05, 0) is 19.1 Å². The van der Waals surface area contributed by atoms with Crippen LogP contribution in [0, 0.1) is 6.92 Å². The van der Waals surface area contributed by atoms with Gasteiger partial charge >= 0.3 is 0 Å². The van der Waals surface area contributed by atoms with E-state index in [4.69, 9.17) is 4.42 Å². The maximum atomic E-state index is 13.1. The fourth-order valence-electron chi connectivity index (χ4n) is 3.46. The smallest absolute Gasteiger partial charge is 0.254 e. The van der Waals surface area contributed by atoms with Gasteiger partial charge in [0.05, 0.1) is 12.8 Å². The molecular formula is C19H17N2O3+. The van der Waals surface area contributed by atoms with Crippen LogP contribution in [0.25, 0.3) is 0 Å². The highest BCUT2D eigenvalue weighted by Crippen LogP contribution is 2.27. The number of aromatic nitrogens is 2. The van der Waals surface area contributed by atoms with Gasteiger partial charge in [0.2, 0.25) is 23.0 Å². The van der Waals surface area contributed by atoms with Gasteiger partial charge in [-0.3, -0.25) is 9.59 Å². The van der Waals surface area contributed by atoms with Gasteiger partial charge in [-0.25, -0.2) is 9.13 Å². The van der Waals surface area contributed by atoms with Crippen molar-refractivity contribution in [2.45, 2.75) is 26.9 Å². The number of carbonyl (C=O) groups excluding carboxylic acids is 2. The summed E-state index contributed by atoms with van der Waals surface area (Å²) in [5.74, 6) is 1.41. The van der Waals surface area contributed by atoms with Crippen molar-refractivity contribution in [1.29, 1.82) is 0 Å². The van der Waals surface area contributed by atoms with Crippen LogP contribution in [0.2, 0.25) is 0 Å². The van der Waals surface area contributed by atoms with E-state index in [0.29, 0.717) is 35.6 Å². The Balaban J connectivity index is 1.97. The summed E-state index contributed by atoms with van der Waals surface area (Å²) in [7, 11) is 0. The Morgan fingerprint density at radius 2 is 1.75 bits per heavy atom. The molecule has 0 fully saturated rings. The molecule has 0 radical (unpaired) electrons. The van der Waals surface area contributed by atoms with E-state index in [2.05, 4.69) is 0 Å². The van der Waals surface area contributed by atoms with Gasteiger partial charge in [-0.2, -0.15) is 0 Å². The van der Waals surface area contributed by atoms with Crippen LogP contribution in [-0.4, -0.2) is 16.1 Å². The predicted octanol–water partition coefficient (Wildman–Crippen LogP) is 2.52. The lowest BCUT2D eigenvalue weighted by molar-refractivity contribution is -0.697. The van der Waals surface area contributed by atoms with Crippen molar-refractivity contribution in [2.24, 2.45) is 0 Å². The second kappa shape index (κ2) is 5.30. The van der Waals surface area contributed by atoms with E-state index in [0.717, 1.165) is 11.6 Å². The molecule has 24 heavy (non-hydrogen) atoms. The third kappa shape index (κ3) is 1.91. The molecule has 0 bridgehead atoms. The quantitative estimate of drug-likeness (QED) is 0.545. The minimum Gasteiger partial charge on any atom is -0.465 e. The fourth-order valence-corrected chi connectivity index (χ4v) is 3.46. The largest absolute Gasteiger partial charge is 0.465 e. The molecule has 1 aliphatic carbocycles. The first-order chi connectivity index (χ1) is 11.6. The van der Waals surface area contributed by atoms with Crippen molar-refractivity contribution < 1.29 is 18.6 Å². The predicted molar refractivity (Wildman–Crippen MR) is 86.2 cm³/mol. The monoisotopic (exact) mass is 321 g/mol. The van der Waals surface area contributed by atoms with Crippen molar-refractivity contribution in [2.75, 3.05) is 0 Å². The van der Waals surface area contributed by atoms with Crippen molar-refractivity contribution in [1.82, 2.24) is 4.57 Å². The molecule has 0 atom stereocenters. The molecule has 4 rings (SSSR count). The molecule has 3 aromatic rings. The molecule has 5 nitrogen and oxygen atoms in total. The number of fused-ring (bicyclic) bond motifs is 2. The molecular weight excluding hydrogens is 304 g/mol. The standard InChI is InChI=1S/C19H17N2O3/c1-3-20-12(2)21(11-13-7-6-10-24-13)17-16(20)18(22)14-8-4-5-9-15(14)19(17)23/h4-10H,3,11H2,1-2H3/q+1. The van der Waals surface area contributed by atoms with Crippen LogP contribution in [0.15, 0.2) is 47.1 Å². The fraction of sp³-hybridized carbons (Fsp3) is 0.211. The first-order valence-electron chi connectivity index (χ1n) is 7.97. The zero-order valence-electron chi connectivity index (χ0n) is 13.6. The molecule has 2 aromatic heterocycles. The second-order valence-corrected chi connectivity index (χ2v) is 5.86. The van der Waals surface area contributed by atoms with E-state index < -0.39 is 0 Å². The highest BCUT2D eigenvalue weighted by atomic mass is 16.3. The Morgan fingerprint density at radius 1 is 1.04 bits per heavy atom.